The van der Waals surface area contributed by atoms with Gasteiger partial charge in [0.05, 0.1) is 0 Å². The molecular weight excluding hydrogens is 200 g/mol. The Morgan fingerprint density at radius 1 is 0.938 bits per heavy atom. The number of benzene rings is 1. The Kier molecular flexibility index (Phi) is 1.86. The molecule has 0 saturated carbocycles. The van der Waals surface area contributed by atoms with Crippen LogP contribution in [0.4, 0.5) is 5.69 Å². The van der Waals surface area contributed by atoms with Crippen molar-refractivity contribution in [3.05, 3.63) is 48.7 Å². The molecular formula is C12H10N4. The van der Waals surface area contributed by atoms with Crippen molar-refractivity contribution in [3.63, 3.8) is 0 Å². The normalized spacial score (nSPS) is 10.8. The Hall–Kier alpha value is -2.36. The number of rotatable bonds is 1. The van der Waals surface area contributed by atoms with E-state index in [4.69, 9.17) is 5.73 Å². The first-order valence-electron chi connectivity index (χ1n) is 5.00. The summed E-state index contributed by atoms with van der Waals surface area (Å²) in [7, 11) is 0. The van der Waals surface area contributed by atoms with Crippen molar-refractivity contribution >= 4 is 11.3 Å². The van der Waals surface area contributed by atoms with Gasteiger partial charge in [-0.25, -0.2) is 0 Å². The van der Waals surface area contributed by atoms with Gasteiger partial charge in [0, 0.05) is 17.4 Å². The number of hydrogen-bond donors (Lipinski definition) is 1. The molecule has 4 nitrogen and oxygen atoms in total. The van der Waals surface area contributed by atoms with E-state index in [0.717, 1.165) is 22.7 Å². The maximum atomic E-state index is 5.65. The van der Waals surface area contributed by atoms with Crippen LogP contribution in [0.1, 0.15) is 0 Å². The topological polar surface area (TPSA) is 56.2 Å². The molecule has 0 aliphatic carbocycles. The summed E-state index contributed by atoms with van der Waals surface area (Å²) >= 11 is 0. The second-order valence-corrected chi connectivity index (χ2v) is 3.57. The second-order valence-electron chi connectivity index (χ2n) is 3.57. The van der Waals surface area contributed by atoms with Gasteiger partial charge >= 0.3 is 0 Å². The zero-order valence-electron chi connectivity index (χ0n) is 8.54. The standard InChI is InChI=1S/C12H10N4/c13-10-6-4-9(5-7-10)12-15-14-11-3-1-2-8-16(11)12/h1-8H,13H2. The van der Waals surface area contributed by atoms with Gasteiger partial charge in [0.15, 0.2) is 11.5 Å². The number of fused-ring (bicyclic) bond motifs is 1. The molecule has 16 heavy (non-hydrogen) atoms. The van der Waals surface area contributed by atoms with E-state index in [1.165, 1.54) is 0 Å². The lowest BCUT2D eigenvalue weighted by molar-refractivity contribution is 1.11. The number of pyridine rings is 1. The van der Waals surface area contributed by atoms with Crippen LogP contribution in [0.2, 0.25) is 0 Å². The minimum Gasteiger partial charge on any atom is -0.399 e. The van der Waals surface area contributed by atoms with Gasteiger partial charge in [-0.15, -0.1) is 10.2 Å². The lowest BCUT2D eigenvalue weighted by atomic mass is 10.2. The number of anilines is 1. The SMILES string of the molecule is Nc1ccc(-c2nnc3ccccn23)cc1. The van der Waals surface area contributed by atoms with E-state index in [1.807, 2.05) is 53.1 Å². The molecule has 2 heterocycles. The van der Waals surface area contributed by atoms with Crippen LogP contribution >= 0.6 is 0 Å². The predicted octanol–water partition coefficient (Wildman–Crippen LogP) is 1.98. The summed E-state index contributed by atoms with van der Waals surface area (Å²) in [5, 5.41) is 8.27. The Morgan fingerprint density at radius 3 is 2.56 bits per heavy atom. The molecule has 0 bridgehead atoms. The number of hydrogen-bond acceptors (Lipinski definition) is 3. The van der Waals surface area contributed by atoms with Gasteiger partial charge in [-0.3, -0.25) is 4.40 Å². The molecule has 0 aliphatic rings. The zero-order valence-corrected chi connectivity index (χ0v) is 8.54. The molecule has 0 fully saturated rings. The van der Waals surface area contributed by atoms with Crippen molar-refractivity contribution in [1.29, 1.82) is 0 Å². The van der Waals surface area contributed by atoms with E-state index in [-0.39, 0.29) is 0 Å². The fourth-order valence-electron chi connectivity index (χ4n) is 1.67. The molecule has 0 saturated heterocycles. The van der Waals surface area contributed by atoms with Crippen LogP contribution in [0.25, 0.3) is 17.0 Å². The highest BCUT2D eigenvalue weighted by atomic mass is 15.2. The Balaban J connectivity index is 2.22. The van der Waals surface area contributed by atoms with Crippen LogP contribution in [-0.4, -0.2) is 14.6 Å². The minimum atomic E-state index is 0.748. The third kappa shape index (κ3) is 1.32. The summed E-state index contributed by atoms with van der Waals surface area (Å²) in [5.41, 5.74) is 8.25. The minimum absolute atomic E-state index is 0.748. The summed E-state index contributed by atoms with van der Waals surface area (Å²) in [6.07, 6.45) is 1.95. The zero-order chi connectivity index (χ0) is 11.0. The highest BCUT2D eigenvalue weighted by molar-refractivity contribution is 5.61. The molecule has 3 rings (SSSR count). The van der Waals surface area contributed by atoms with Crippen molar-refractivity contribution in [2.24, 2.45) is 0 Å². The molecule has 2 N–H and O–H groups in total. The van der Waals surface area contributed by atoms with Gasteiger partial charge in [-0.2, -0.15) is 0 Å². The average Bonchev–Trinajstić information content (AvgIpc) is 2.74. The van der Waals surface area contributed by atoms with Gasteiger partial charge < -0.3 is 5.73 Å². The largest absolute Gasteiger partial charge is 0.399 e. The average molecular weight is 210 g/mol. The maximum absolute atomic E-state index is 5.65. The number of nitrogen functional groups attached to an aromatic ring is 1. The van der Waals surface area contributed by atoms with Gasteiger partial charge in [0.25, 0.3) is 0 Å². The number of aromatic nitrogens is 3. The first kappa shape index (κ1) is 8.91. The highest BCUT2D eigenvalue weighted by Crippen LogP contribution is 2.19. The lowest BCUT2D eigenvalue weighted by Crippen LogP contribution is -1.89. The summed E-state index contributed by atoms with van der Waals surface area (Å²) < 4.78 is 1.95. The third-order valence-electron chi connectivity index (χ3n) is 2.48. The summed E-state index contributed by atoms with van der Waals surface area (Å²) in [5.74, 6) is 0.829. The third-order valence-corrected chi connectivity index (χ3v) is 2.48. The molecule has 0 aliphatic heterocycles. The van der Waals surface area contributed by atoms with Crippen molar-refractivity contribution in [3.8, 4) is 11.4 Å². The van der Waals surface area contributed by atoms with E-state index in [9.17, 15) is 0 Å². The van der Waals surface area contributed by atoms with Crippen LogP contribution in [0.15, 0.2) is 48.7 Å². The van der Waals surface area contributed by atoms with Gasteiger partial charge in [0.2, 0.25) is 0 Å². The Labute approximate surface area is 92.4 Å². The lowest BCUT2D eigenvalue weighted by Gasteiger charge is -1.99. The van der Waals surface area contributed by atoms with Crippen LogP contribution in [0.5, 0.6) is 0 Å². The second kappa shape index (κ2) is 3.34. The molecule has 0 unspecified atom stereocenters. The molecule has 1 aromatic carbocycles. The summed E-state index contributed by atoms with van der Waals surface area (Å²) in [4.78, 5) is 0. The van der Waals surface area contributed by atoms with Crippen LogP contribution in [0.3, 0.4) is 0 Å². The molecule has 4 heteroatoms. The smallest absolute Gasteiger partial charge is 0.168 e. The number of nitrogens with two attached hydrogens (primary N) is 1. The molecule has 78 valence electrons. The van der Waals surface area contributed by atoms with Crippen molar-refractivity contribution < 1.29 is 0 Å². The monoisotopic (exact) mass is 210 g/mol. The molecule has 2 aromatic heterocycles. The first-order chi connectivity index (χ1) is 7.84. The fraction of sp³-hybridized carbons (Fsp3) is 0. The highest BCUT2D eigenvalue weighted by Gasteiger charge is 2.06. The van der Waals surface area contributed by atoms with Crippen molar-refractivity contribution in [2.75, 3.05) is 5.73 Å². The molecule has 3 aromatic rings. The number of nitrogens with zero attached hydrogens (tertiary/aromatic N) is 3. The van der Waals surface area contributed by atoms with Gasteiger partial charge in [0.1, 0.15) is 0 Å². The van der Waals surface area contributed by atoms with Crippen LogP contribution in [0, 0.1) is 0 Å². The van der Waals surface area contributed by atoms with E-state index in [1.54, 1.807) is 0 Å². The van der Waals surface area contributed by atoms with E-state index >= 15 is 0 Å². The molecule has 0 amide bonds. The van der Waals surface area contributed by atoms with Gasteiger partial charge in [-0.05, 0) is 36.4 Å². The van der Waals surface area contributed by atoms with Crippen molar-refractivity contribution in [2.45, 2.75) is 0 Å². The molecule has 0 atom stereocenters. The van der Waals surface area contributed by atoms with Crippen LogP contribution in [-0.2, 0) is 0 Å². The summed E-state index contributed by atoms with van der Waals surface area (Å²) in [6.45, 7) is 0. The summed E-state index contributed by atoms with van der Waals surface area (Å²) in [6, 6.07) is 13.4. The quantitative estimate of drug-likeness (QED) is 0.625. The molecule has 0 spiro atoms. The predicted molar refractivity (Wildman–Crippen MR) is 62.8 cm³/mol. The first-order valence-corrected chi connectivity index (χ1v) is 5.00. The van der Waals surface area contributed by atoms with Crippen molar-refractivity contribution in [1.82, 2.24) is 14.6 Å². The fourth-order valence-corrected chi connectivity index (χ4v) is 1.67. The van der Waals surface area contributed by atoms with Gasteiger partial charge in [-0.1, -0.05) is 6.07 Å². The maximum Gasteiger partial charge on any atom is 0.168 e. The van der Waals surface area contributed by atoms with E-state index < -0.39 is 0 Å². The van der Waals surface area contributed by atoms with Crippen LogP contribution < -0.4 is 5.73 Å². The molecule has 0 radical (unpaired) electrons. The Bertz CT molecular complexity index is 625. The van der Waals surface area contributed by atoms with E-state index in [0.29, 0.717) is 0 Å². The Morgan fingerprint density at radius 2 is 1.75 bits per heavy atom. The van der Waals surface area contributed by atoms with E-state index in [2.05, 4.69) is 10.2 Å².